The van der Waals surface area contributed by atoms with E-state index in [-0.39, 0.29) is 22.7 Å². The van der Waals surface area contributed by atoms with Gasteiger partial charge in [-0.25, -0.2) is 0 Å². The van der Waals surface area contributed by atoms with Crippen molar-refractivity contribution < 1.29 is 9.59 Å². The highest BCUT2D eigenvalue weighted by Crippen LogP contribution is 2.49. The molecule has 3 aliphatic rings. The summed E-state index contributed by atoms with van der Waals surface area (Å²) in [6, 6.07) is 20.5. The summed E-state index contributed by atoms with van der Waals surface area (Å²) in [6.07, 6.45) is 3.63. The minimum Gasteiger partial charge on any atom is -0.354 e. The molecule has 5 rings (SSSR count). The van der Waals surface area contributed by atoms with Gasteiger partial charge in [-0.2, -0.15) is 0 Å². The van der Waals surface area contributed by atoms with Crippen LogP contribution in [0.2, 0.25) is 0 Å². The number of rotatable bonds is 6. The zero-order chi connectivity index (χ0) is 22.0. The van der Waals surface area contributed by atoms with E-state index in [9.17, 15) is 9.59 Å². The number of hydrogen-bond donors (Lipinski definition) is 2. The Morgan fingerprint density at radius 3 is 2.44 bits per heavy atom. The Bertz CT molecular complexity index is 944. The van der Waals surface area contributed by atoms with Crippen molar-refractivity contribution in [3.63, 3.8) is 0 Å². The van der Waals surface area contributed by atoms with Gasteiger partial charge in [-0.1, -0.05) is 60.7 Å². The van der Waals surface area contributed by atoms with Gasteiger partial charge < -0.3 is 10.2 Å². The third kappa shape index (κ3) is 4.71. The highest BCUT2D eigenvalue weighted by Gasteiger charge is 2.49. The van der Waals surface area contributed by atoms with Crippen LogP contribution >= 0.6 is 11.8 Å². The predicted octanol–water partition coefficient (Wildman–Crippen LogP) is 3.17. The third-order valence-corrected chi connectivity index (χ3v) is 8.63. The molecule has 1 aliphatic carbocycles. The molecular weight excluding hydrogens is 418 g/mol. The standard InChI is InChI=1S/C26H31N3O2S/c30-24(27-14-11-19-7-3-1-4-8-19)23-18-32-26(28-23)12-15-29(16-13-26)25(31)22-17-21(22)20-9-5-2-6-10-20/h1-10,21-23,28H,11-18H2,(H,27,30). The fourth-order valence-corrected chi connectivity index (χ4v) is 6.45. The summed E-state index contributed by atoms with van der Waals surface area (Å²) in [4.78, 5) is 27.6. The Labute approximate surface area is 194 Å². The molecule has 2 amide bonds. The van der Waals surface area contributed by atoms with Gasteiger partial charge in [-0.05, 0) is 42.7 Å². The quantitative estimate of drug-likeness (QED) is 0.711. The number of carbonyl (C=O) groups is 2. The van der Waals surface area contributed by atoms with Gasteiger partial charge >= 0.3 is 0 Å². The van der Waals surface area contributed by atoms with Crippen molar-refractivity contribution >= 4 is 23.6 Å². The molecule has 3 unspecified atom stereocenters. The first-order valence-corrected chi connectivity index (χ1v) is 12.7. The minimum absolute atomic E-state index is 0.0689. The van der Waals surface area contributed by atoms with E-state index in [0.717, 1.165) is 44.5 Å². The molecule has 6 heteroatoms. The zero-order valence-electron chi connectivity index (χ0n) is 18.3. The molecule has 2 aromatic carbocycles. The van der Waals surface area contributed by atoms with E-state index < -0.39 is 0 Å². The third-order valence-electron chi connectivity index (χ3n) is 7.05. The van der Waals surface area contributed by atoms with Crippen molar-refractivity contribution in [1.82, 2.24) is 15.5 Å². The lowest BCUT2D eigenvalue weighted by atomic mass is 10.0. The number of amides is 2. The van der Waals surface area contributed by atoms with Crippen LogP contribution in [0.1, 0.15) is 36.3 Å². The number of thioether (sulfide) groups is 1. The van der Waals surface area contributed by atoms with Gasteiger partial charge in [0, 0.05) is 31.3 Å². The molecule has 3 fully saturated rings. The highest BCUT2D eigenvalue weighted by molar-refractivity contribution is 8.01. The van der Waals surface area contributed by atoms with Gasteiger partial charge in [0.05, 0.1) is 10.9 Å². The van der Waals surface area contributed by atoms with E-state index in [4.69, 9.17) is 0 Å². The number of hydrogen-bond acceptors (Lipinski definition) is 4. The summed E-state index contributed by atoms with van der Waals surface area (Å²) in [5.74, 6) is 1.74. The van der Waals surface area contributed by atoms with Crippen molar-refractivity contribution in [2.24, 2.45) is 5.92 Å². The van der Waals surface area contributed by atoms with Crippen LogP contribution in [0.5, 0.6) is 0 Å². The van der Waals surface area contributed by atoms with Crippen LogP contribution in [-0.4, -0.2) is 53.0 Å². The molecule has 2 saturated heterocycles. The normalized spacial score (nSPS) is 26.1. The average molecular weight is 450 g/mol. The maximum Gasteiger partial charge on any atom is 0.238 e. The Kier molecular flexibility index (Phi) is 6.24. The first kappa shape index (κ1) is 21.5. The monoisotopic (exact) mass is 449 g/mol. The lowest BCUT2D eigenvalue weighted by Gasteiger charge is -2.39. The zero-order valence-corrected chi connectivity index (χ0v) is 19.2. The molecule has 2 aliphatic heterocycles. The SMILES string of the molecule is O=C(NCCc1ccccc1)C1CSC2(CCN(C(=O)C3CC3c3ccccc3)CC2)N1. The van der Waals surface area contributed by atoms with E-state index in [2.05, 4.69) is 47.0 Å². The second kappa shape index (κ2) is 9.28. The summed E-state index contributed by atoms with van der Waals surface area (Å²) in [6.45, 7) is 2.21. The minimum atomic E-state index is -0.149. The lowest BCUT2D eigenvalue weighted by molar-refractivity contribution is -0.134. The number of benzene rings is 2. The Morgan fingerprint density at radius 2 is 1.72 bits per heavy atom. The molecule has 0 aromatic heterocycles. The van der Waals surface area contributed by atoms with E-state index in [1.165, 1.54) is 11.1 Å². The number of piperidine rings is 1. The second-order valence-corrected chi connectivity index (χ2v) is 10.6. The molecule has 168 valence electrons. The Morgan fingerprint density at radius 1 is 1.03 bits per heavy atom. The van der Waals surface area contributed by atoms with Crippen molar-refractivity contribution in [2.75, 3.05) is 25.4 Å². The van der Waals surface area contributed by atoms with E-state index >= 15 is 0 Å². The highest BCUT2D eigenvalue weighted by atomic mass is 32.2. The van der Waals surface area contributed by atoms with Gasteiger partial charge in [0.2, 0.25) is 11.8 Å². The first-order chi connectivity index (χ1) is 15.6. The van der Waals surface area contributed by atoms with Crippen molar-refractivity contribution in [3.05, 3.63) is 71.8 Å². The molecule has 2 heterocycles. The number of nitrogens with one attached hydrogen (secondary N) is 2. The van der Waals surface area contributed by atoms with Gasteiger partial charge in [0.25, 0.3) is 0 Å². The number of likely N-dealkylation sites (tertiary alicyclic amines) is 1. The van der Waals surface area contributed by atoms with E-state index in [1.807, 2.05) is 40.9 Å². The van der Waals surface area contributed by atoms with Crippen molar-refractivity contribution in [1.29, 1.82) is 0 Å². The number of carbonyl (C=O) groups excluding carboxylic acids is 2. The van der Waals surface area contributed by atoms with Crippen LogP contribution in [0.15, 0.2) is 60.7 Å². The van der Waals surface area contributed by atoms with Crippen LogP contribution in [0.3, 0.4) is 0 Å². The maximum absolute atomic E-state index is 13.0. The van der Waals surface area contributed by atoms with Crippen LogP contribution in [0.25, 0.3) is 0 Å². The van der Waals surface area contributed by atoms with Crippen LogP contribution < -0.4 is 10.6 Å². The van der Waals surface area contributed by atoms with Crippen LogP contribution in [0, 0.1) is 5.92 Å². The summed E-state index contributed by atoms with van der Waals surface area (Å²) < 4.78 is 0. The average Bonchev–Trinajstić information content (AvgIpc) is 3.54. The molecule has 2 aromatic rings. The van der Waals surface area contributed by atoms with Crippen molar-refractivity contribution in [3.8, 4) is 0 Å². The molecular formula is C26H31N3O2S. The largest absolute Gasteiger partial charge is 0.354 e. The Balaban J connectivity index is 1.07. The molecule has 32 heavy (non-hydrogen) atoms. The predicted molar refractivity (Wildman–Crippen MR) is 128 cm³/mol. The summed E-state index contributed by atoms with van der Waals surface area (Å²) in [5.41, 5.74) is 2.52. The summed E-state index contributed by atoms with van der Waals surface area (Å²) in [5, 5.41) is 6.69. The molecule has 1 spiro atoms. The van der Waals surface area contributed by atoms with Crippen LogP contribution in [-0.2, 0) is 16.0 Å². The molecule has 2 N–H and O–H groups in total. The molecule has 3 atom stereocenters. The maximum atomic E-state index is 13.0. The van der Waals surface area contributed by atoms with Gasteiger partial charge in [-0.15, -0.1) is 11.8 Å². The van der Waals surface area contributed by atoms with Gasteiger partial charge in [0.15, 0.2) is 0 Å². The second-order valence-electron chi connectivity index (χ2n) is 9.21. The van der Waals surface area contributed by atoms with E-state index in [0.29, 0.717) is 18.4 Å². The molecule has 1 saturated carbocycles. The summed E-state index contributed by atoms with van der Waals surface area (Å²) >= 11 is 1.86. The fraction of sp³-hybridized carbons (Fsp3) is 0.462. The Hall–Kier alpha value is -2.31. The first-order valence-electron chi connectivity index (χ1n) is 11.7. The molecule has 0 bridgehead atoms. The summed E-state index contributed by atoms with van der Waals surface area (Å²) in [7, 11) is 0. The smallest absolute Gasteiger partial charge is 0.238 e. The fourth-order valence-electron chi connectivity index (χ4n) is 5.03. The molecule has 5 nitrogen and oxygen atoms in total. The lowest BCUT2D eigenvalue weighted by Crippen LogP contribution is -2.54. The topological polar surface area (TPSA) is 61.4 Å². The van der Waals surface area contributed by atoms with E-state index in [1.54, 1.807) is 0 Å². The van der Waals surface area contributed by atoms with Crippen LogP contribution in [0.4, 0.5) is 0 Å². The molecule has 0 radical (unpaired) electrons. The number of nitrogens with zero attached hydrogens (tertiary/aromatic N) is 1. The van der Waals surface area contributed by atoms with Gasteiger partial charge in [-0.3, -0.25) is 14.9 Å². The van der Waals surface area contributed by atoms with Crippen molar-refractivity contribution in [2.45, 2.75) is 42.5 Å². The van der Waals surface area contributed by atoms with Gasteiger partial charge in [0.1, 0.15) is 0 Å².